The molecule has 0 spiro atoms. The van der Waals surface area contributed by atoms with Crippen molar-refractivity contribution in [2.24, 2.45) is 11.5 Å². The van der Waals surface area contributed by atoms with Crippen molar-refractivity contribution < 1.29 is 4.74 Å². The molecule has 1 atom stereocenters. The number of nitrogens with two attached hydrogens (primary N) is 2. The van der Waals surface area contributed by atoms with Gasteiger partial charge in [-0.3, -0.25) is 0 Å². The summed E-state index contributed by atoms with van der Waals surface area (Å²) < 4.78 is 5.47. The van der Waals surface area contributed by atoms with Gasteiger partial charge < -0.3 is 16.2 Å². The Hall–Kier alpha value is -0.120. The summed E-state index contributed by atoms with van der Waals surface area (Å²) in [5.41, 5.74) is 10.8. The standard InChI is InChI=1S/C8H20N2O/c1-2-3-6-11-8(7-10)4-5-9/h8H,2-7,9-10H2,1H3. The van der Waals surface area contributed by atoms with Crippen LogP contribution in [0.2, 0.25) is 0 Å². The Bertz CT molecular complexity index is 78.5. The normalized spacial score (nSPS) is 13.4. The molecule has 0 aromatic heterocycles. The van der Waals surface area contributed by atoms with Crippen molar-refractivity contribution >= 4 is 0 Å². The molecule has 0 saturated heterocycles. The molecular formula is C8H20N2O. The van der Waals surface area contributed by atoms with E-state index in [1.54, 1.807) is 0 Å². The molecule has 4 N–H and O–H groups in total. The monoisotopic (exact) mass is 160 g/mol. The molecule has 0 rings (SSSR count). The molecule has 0 aromatic carbocycles. The zero-order valence-electron chi connectivity index (χ0n) is 7.38. The van der Waals surface area contributed by atoms with Gasteiger partial charge in [-0.1, -0.05) is 13.3 Å². The van der Waals surface area contributed by atoms with Crippen LogP contribution in [-0.2, 0) is 4.74 Å². The van der Waals surface area contributed by atoms with Gasteiger partial charge in [-0.25, -0.2) is 0 Å². The van der Waals surface area contributed by atoms with Gasteiger partial charge in [0.1, 0.15) is 0 Å². The number of hydrogen-bond acceptors (Lipinski definition) is 3. The summed E-state index contributed by atoms with van der Waals surface area (Å²) in [6.07, 6.45) is 3.33. The van der Waals surface area contributed by atoms with Gasteiger partial charge in [0.25, 0.3) is 0 Å². The lowest BCUT2D eigenvalue weighted by Crippen LogP contribution is -2.26. The Balaban J connectivity index is 3.20. The fourth-order valence-electron chi connectivity index (χ4n) is 0.849. The van der Waals surface area contributed by atoms with Crippen molar-refractivity contribution in [3.63, 3.8) is 0 Å². The molecule has 0 amide bonds. The number of unbranched alkanes of at least 4 members (excludes halogenated alkanes) is 1. The maximum atomic E-state index is 5.47. The minimum Gasteiger partial charge on any atom is -0.377 e. The Morgan fingerprint density at radius 3 is 2.55 bits per heavy atom. The van der Waals surface area contributed by atoms with E-state index in [0.717, 1.165) is 19.4 Å². The van der Waals surface area contributed by atoms with E-state index in [9.17, 15) is 0 Å². The predicted octanol–water partition coefficient (Wildman–Crippen LogP) is 0.479. The number of ether oxygens (including phenoxy) is 1. The molecule has 0 aromatic rings. The van der Waals surface area contributed by atoms with Crippen LogP contribution in [0.4, 0.5) is 0 Å². The van der Waals surface area contributed by atoms with Crippen LogP contribution >= 0.6 is 0 Å². The molecule has 11 heavy (non-hydrogen) atoms. The topological polar surface area (TPSA) is 61.3 Å². The van der Waals surface area contributed by atoms with Gasteiger partial charge in [-0.15, -0.1) is 0 Å². The van der Waals surface area contributed by atoms with Gasteiger partial charge in [0.05, 0.1) is 6.10 Å². The highest BCUT2D eigenvalue weighted by Crippen LogP contribution is 1.97. The Morgan fingerprint density at radius 1 is 1.36 bits per heavy atom. The third-order valence-electron chi connectivity index (χ3n) is 1.60. The van der Waals surface area contributed by atoms with Crippen molar-refractivity contribution in [1.29, 1.82) is 0 Å². The minimum absolute atomic E-state index is 0.173. The molecule has 1 unspecified atom stereocenters. The van der Waals surface area contributed by atoms with Crippen LogP contribution in [0.25, 0.3) is 0 Å². The number of hydrogen-bond donors (Lipinski definition) is 2. The second-order valence-corrected chi connectivity index (χ2v) is 2.66. The van der Waals surface area contributed by atoms with Crippen LogP contribution in [0.5, 0.6) is 0 Å². The summed E-state index contributed by atoms with van der Waals surface area (Å²) in [6.45, 7) is 4.21. The minimum atomic E-state index is 0.173. The van der Waals surface area contributed by atoms with Gasteiger partial charge in [0, 0.05) is 13.2 Å². The van der Waals surface area contributed by atoms with Gasteiger partial charge in [-0.05, 0) is 19.4 Å². The van der Waals surface area contributed by atoms with E-state index in [4.69, 9.17) is 16.2 Å². The van der Waals surface area contributed by atoms with Crippen LogP contribution in [0.15, 0.2) is 0 Å². The van der Waals surface area contributed by atoms with E-state index in [2.05, 4.69) is 6.92 Å². The third-order valence-corrected chi connectivity index (χ3v) is 1.60. The van der Waals surface area contributed by atoms with E-state index < -0.39 is 0 Å². The van der Waals surface area contributed by atoms with Gasteiger partial charge in [0.15, 0.2) is 0 Å². The van der Waals surface area contributed by atoms with Crippen LogP contribution in [0.3, 0.4) is 0 Å². The Morgan fingerprint density at radius 2 is 2.09 bits per heavy atom. The molecule has 3 nitrogen and oxygen atoms in total. The fraction of sp³-hybridized carbons (Fsp3) is 1.00. The summed E-state index contributed by atoms with van der Waals surface area (Å²) in [7, 11) is 0. The van der Waals surface area contributed by atoms with Crippen LogP contribution in [0, 0.1) is 0 Å². The predicted molar refractivity (Wildman–Crippen MR) is 47.4 cm³/mol. The van der Waals surface area contributed by atoms with Crippen molar-refractivity contribution in [1.82, 2.24) is 0 Å². The first kappa shape index (κ1) is 10.9. The Kier molecular flexibility index (Phi) is 7.89. The highest BCUT2D eigenvalue weighted by molar-refractivity contribution is 4.58. The summed E-state index contributed by atoms with van der Waals surface area (Å²) >= 11 is 0. The van der Waals surface area contributed by atoms with E-state index in [0.29, 0.717) is 13.1 Å². The van der Waals surface area contributed by atoms with E-state index in [1.807, 2.05) is 0 Å². The first-order valence-electron chi connectivity index (χ1n) is 4.36. The van der Waals surface area contributed by atoms with Crippen LogP contribution < -0.4 is 11.5 Å². The third kappa shape index (κ3) is 6.28. The Labute approximate surface area is 69.1 Å². The van der Waals surface area contributed by atoms with Crippen molar-refractivity contribution in [2.75, 3.05) is 19.7 Å². The maximum Gasteiger partial charge on any atom is 0.0709 e. The lowest BCUT2D eigenvalue weighted by atomic mass is 10.2. The van der Waals surface area contributed by atoms with Crippen molar-refractivity contribution in [3.8, 4) is 0 Å². The van der Waals surface area contributed by atoms with Crippen molar-refractivity contribution in [3.05, 3.63) is 0 Å². The van der Waals surface area contributed by atoms with Gasteiger partial charge in [0.2, 0.25) is 0 Å². The molecule has 0 bridgehead atoms. The van der Waals surface area contributed by atoms with Crippen LogP contribution in [0.1, 0.15) is 26.2 Å². The summed E-state index contributed by atoms with van der Waals surface area (Å²) in [4.78, 5) is 0. The smallest absolute Gasteiger partial charge is 0.0709 e. The van der Waals surface area contributed by atoms with Gasteiger partial charge in [-0.2, -0.15) is 0 Å². The lowest BCUT2D eigenvalue weighted by molar-refractivity contribution is 0.0532. The van der Waals surface area contributed by atoms with Crippen LogP contribution in [-0.4, -0.2) is 25.8 Å². The highest BCUT2D eigenvalue weighted by atomic mass is 16.5. The summed E-state index contributed by atoms with van der Waals surface area (Å²) in [5, 5.41) is 0. The average Bonchev–Trinajstić information content (AvgIpc) is 2.03. The molecular weight excluding hydrogens is 140 g/mol. The molecule has 68 valence electrons. The van der Waals surface area contributed by atoms with Gasteiger partial charge >= 0.3 is 0 Å². The van der Waals surface area contributed by atoms with Crippen molar-refractivity contribution in [2.45, 2.75) is 32.3 Å². The fourth-order valence-corrected chi connectivity index (χ4v) is 0.849. The molecule has 0 aliphatic heterocycles. The SMILES string of the molecule is CCCCOC(CN)CCN. The second kappa shape index (κ2) is 7.98. The first-order chi connectivity index (χ1) is 5.35. The number of rotatable bonds is 7. The molecule has 0 fully saturated rings. The van der Waals surface area contributed by atoms with E-state index in [1.165, 1.54) is 6.42 Å². The molecule has 0 saturated carbocycles. The molecule has 0 aliphatic rings. The average molecular weight is 160 g/mol. The van der Waals surface area contributed by atoms with E-state index >= 15 is 0 Å². The molecule has 0 heterocycles. The summed E-state index contributed by atoms with van der Waals surface area (Å²) in [6, 6.07) is 0. The zero-order valence-corrected chi connectivity index (χ0v) is 7.38. The maximum absolute atomic E-state index is 5.47. The zero-order chi connectivity index (χ0) is 8.53. The first-order valence-corrected chi connectivity index (χ1v) is 4.36. The molecule has 0 radical (unpaired) electrons. The molecule has 0 aliphatic carbocycles. The van der Waals surface area contributed by atoms with E-state index in [-0.39, 0.29) is 6.10 Å². The quantitative estimate of drug-likeness (QED) is 0.532. The largest absolute Gasteiger partial charge is 0.377 e. The summed E-state index contributed by atoms with van der Waals surface area (Å²) in [5.74, 6) is 0. The molecule has 3 heteroatoms. The lowest BCUT2D eigenvalue weighted by Gasteiger charge is -2.14. The highest BCUT2D eigenvalue weighted by Gasteiger charge is 2.03. The second-order valence-electron chi connectivity index (χ2n) is 2.66.